The molecule has 0 unspecified atom stereocenters. The predicted octanol–water partition coefficient (Wildman–Crippen LogP) is 4.05. The molecule has 0 amide bonds. The fourth-order valence-corrected chi connectivity index (χ4v) is 4.17. The van der Waals surface area contributed by atoms with Crippen LogP contribution in [0.3, 0.4) is 0 Å². The number of carboxylic acid groups (broad SMARTS) is 1. The van der Waals surface area contributed by atoms with Gasteiger partial charge in [-0.3, -0.25) is 4.98 Å². The Morgan fingerprint density at radius 3 is 2.52 bits per heavy atom. The number of aliphatic carboxylic acids is 1. The van der Waals surface area contributed by atoms with Crippen molar-refractivity contribution in [2.24, 2.45) is 0 Å². The SMILES string of the molecule is CN(Cc1ccc(OCC(=O)O)c(-c2cccc(C(F)(F)F)c2)c1)S(=O)(=O)c1cccnc1. The maximum Gasteiger partial charge on any atom is 0.416 e. The van der Waals surface area contributed by atoms with Gasteiger partial charge in [-0.15, -0.1) is 0 Å². The number of aromatic nitrogens is 1. The van der Waals surface area contributed by atoms with Gasteiger partial charge >= 0.3 is 12.1 Å². The normalized spacial score (nSPS) is 12.0. The van der Waals surface area contributed by atoms with E-state index in [2.05, 4.69) is 4.98 Å². The number of hydrogen-bond acceptors (Lipinski definition) is 5. The van der Waals surface area contributed by atoms with Crippen LogP contribution < -0.4 is 4.74 Å². The summed E-state index contributed by atoms with van der Waals surface area (Å²) in [6.07, 6.45) is -1.92. The molecule has 3 rings (SSSR count). The van der Waals surface area contributed by atoms with Gasteiger partial charge in [-0.2, -0.15) is 17.5 Å². The van der Waals surface area contributed by atoms with E-state index in [4.69, 9.17) is 9.84 Å². The zero-order chi connectivity index (χ0) is 24.2. The monoisotopic (exact) mass is 480 g/mol. The van der Waals surface area contributed by atoms with Crippen LogP contribution in [0, 0.1) is 0 Å². The molecule has 1 aromatic heterocycles. The van der Waals surface area contributed by atoms with Crippen LogP contribution in [0.5, 0.6) is 5.75 Å². The second kappa shape index (κ2) is 9.59. The number of carbonyl (C=O) groups is 1. The number of pyridine rings is 1. The molecule has 7 nitrogen and oxygen atoms in total. The summed E-state index contributed by atoms with van der Waals surface area (Å²) in [6, 6.07) is 11.8. The lowest BCUT2D eigenvalue weighted by Gasteiger charge is -2.19. The molecular weight excluding hydrogens is 461 g/mol. The van der Waals surface area contributed by atoms with Crippen molar-refractivity contribution in [3.8, 4) is 16.9 Å². The third-order valence-electron chi connectivity index (χ3n) is 4.64. The Hall–Kier alpha value is -3.44. The van der Waals surface area contributed by atoms with Gasteiger partial charge in [-0.05, 0) is 47.5 Å². The molecule has 0 aliphatic carbocycles. The van der Waals surface area contributed by atoms with Crippen LogP contribution in [0.25, 0.3) is 11.1 Å². The minimum absolute atomic E-state index is 0.00739. The van der Waals surface area contributed by atoms with Crippen molar-refractivity contribution in [3.05, 3.63) is 78.1 Å². The second-order valence-electron chi connectivity index (χ2n) is 7.04. The molecule has 0 atom stereocenters. The van der Waals surface area contributed by atoms with Gasteiger partial charge < -0.3 is 9.84 Å². The lowest BCUT2D eigenvalue weighted by molar-refractivity contribution is -0.139. The first-order valence-electron chi connectivity index (χ1n) is 9.50. The summed E-state index contributed by atoms with van der Waals surface area (Å²) < 4.78 is 71.4. The molecule has 0 radical (unpaired) electrons. The summed E-state index contributed by atoms with van der Waals surface area (Å²) >= 11 is 0. The Morgan fingerprint density at radius 2 is 1.88 bits per heavy atom. The molecule has 0 aliphatic heterocycles. The number of rotatable bonds is 8. The summed E-state index contributed by atoms with van der Waals surface area (Å²) in [6.45, 7) is -0.789. The van der Waals surface area contributed by atoms with Crippen LogP contribution in [-0.2, 0) is 27.5 Å². The van der Waals surface area contributed by atoms with Crippen molar-refractivity contribution in [3.63, 3.8) is 0 Å². The standard InChI is InChI=1S/C22H19F3N2O5S/c1-27(33(30,31)18-6-3-9-26-12-18)13-15-7-8-20(32-14-21(28)29)19(10-15)16-4-2-5-17(11-16)22(23,24)25/h2-12H,13-14H2,1H3,(H,28,29). The maximum atomic E-state index is 13.2. The topological polar surface area (TPSA) is 96.8 Å². The molecule has 0 aliphatic rings. The quantitative estimate of drug-likeness (QED) is 0.523. The smallest absolute Gasteiger partial charge is 0.416 e. The highest BCUT2D eigenvalue weighted by Crippen LogP contribution is 2.36. The summed E-state index contributed by atoms with van der Waals surface area (Å²) in [4.78, 5) is 14.7. The molecule has 11 heteroatoms. The van der Waals surface area contributed by atoms with Crippen LogP contribution in [0.2, 0.25) is 0 Å². The van der Waals surface area contributed by atoms with Crippen molar-refractivity contribution in [1.29, 1.82) is 0 Å². The van der Waals surface area contributed by atoms with Gasteiger partial charge in [0.25, 0.3) is 0 Å². The van der Waals surface area contributed by atoms with E-state index >= 15 is 0 Å². The van der Waals surface area contributed by atoms with Crippen LogP contribution in [0.4, 0.5) is 13.2 Å². The fraction of sp³-hybridized carbons (Fsp3) is 0.182. The Kier molecular flexibility index (Phi) is 7.04. The van der Waals surface area contributed by atoms with Crippen molar-refractivity contribution in [2.75, 3.05) is 13.7 Å². The third-order valence-corrected chi connectivity index (χ3v) is 6.43. The van der Waals surface area contributed by atoms with Crippen molar-refractivity contribution in [1.82, 2.24) is 9.29 Å². The highest BCUT2D eigenvalue weighted by Gasteiger charge is 2.30. The van der Waals surface area contributed by atoms with E-state index in [9.17, 15) is 26.4 Å². The number of benzene rings is 2. The largest absolute Gasteiger partial charge is 0.481 e. The van der Waals surface area contributed by atoms with Crippen molar-refractivity contribution < 1.29 is 36.2 Å². The molecule has 1 N–H and O–H groups in total. The molecule has 2 aromatic carbocycles. The Labute approximate surface area is 188 Å². The molecule has 0 fully saturated rings. The molecule has 0 bridgehead atoms. The highest BCUT2D eigenvalue weighted by molar-refractivity contribution is 7.89. The van der Waals surface area contributed by atoms with Gasteiger partial charge in [0.15, 0.2) is 6.61 Å². The number of carboxylic acids is 1. The highest BCUT2D eigenvalue weighted by atomic mass is 32.2. The Bertz CT molecular complexity index is 1250. The van der Waals surface area contributed by atoms with Gasteiger partial charge in [0, 0.05) is 31.5 Å². The first kappa shape index (κ1) is 24.2. The summed E-state index contributed by atoms with van der Waals surface area (Å²) in [5.74, 6) is -1.20. The number of ether oxygens (including phenoxy) is 1. The van der Waals surface area contributed by atoms with Gasteiger partial charge in [0.1, 0.15) is 10.6 Å². The number of sulfonamides is 1. The van der Waals surface area contributed by atoms with Gasteiger partial charge in [-0.25, -0.2) is 13.2 Å². The molecule has 3 aromatic rings. The van der Waals surface area contributed by atoms with Crippen molar-refractivity contribution >= 4 is 16.0 Å². The Morgan fingerprint density at radius 1 is 1.12 bits per heavy atom. The van der Waals surface area contributed by atoms with Gasteiger partial charge in [-0.1, -0.05) is 18.2 Å². The maximum absolute atomic E-state index is 13.2. The zero-order valence-corrected chi connectivity index (χ0v) is 18.1. The third kappa shape index (κ3) is 5.88. The van der Waals surface area contributed by atoms with Gasteiger partial charge in [0.05, 0.1) is 5.56 Å². The fourth-order valence-electron chi connectivity index (χ4n) is 3.05. The van der Waals surface area contributed by atoms with E-state index in [1.165, 1.54) is 61.9 Å². The average molecular weight is 480 g/mol. The number of nitrogens with zero attached hydrogens (tertiary/aromatic N) is 2. The van der Waals surface area contributed by atoms with E-state index in [-0.39, 0.29) is 28.3 Å². The molecule has 0 saturated heterocycles. The van der Waals surface area contributed by atoms with E-state index < -0.39 is 34.3 Å². The summed E-state index contributed by atoms with van der Waals surface area (Å²) in [5.41, 5.74) is -0.0808. The van der Waals surface area contributed by atoms with E-state index in [0.29, 0.717) is 5.56 Å². The lowest BCUT2D eigenvalue weighted by atomic mass is 9.99. The van der Waals surface area contributed by atoms with E-state index in [1.807, 2.05) is 0 Å². The van der Waals surface area contributed by atoms with Crippen LogP contribution in [0.1, 0.15) is 11.1 Å². The number of hydrogen-bond donors (Lipinski definition) is 1. The van der Waals surface area contributed by atoms with Crippen LogP contribution in [-0.4, -0.2) is 42.4 Å². The molecule has 33 heavy (non-hydrogen) atoms. The lowest BCUT2D eigenvalue weighted by Crippen LogP contribution is -2.26. The number of halogens is 3. The first-order valence-corrected chi connectivity index (χ1v) is 10.9. The summed E-state index contributed by atoms with van der Waals surface area (Å²) in [5, 5.41) is 8.91. The van der Waals surface area contributed by atoms with E-state index in [0.717, 1.165) is 16.4 Å². The zero-order valence-electron chi connectivity index (χ0n) is 17.3. The average Bonchev–Trinajstić information content (AvgIpc) is 2.78. The molecule has 0 spiro atoms. The molecule has 174 valence electrons. The minimum atomic E-state index is -4.58. The molecular formula is C22H19F3N2O5S. The van der Waals surface area contributed by atoms with Crippen molar-refractivity contribution in [2.45, 2.75) is 17.6 Å². The van der Waals surface area contributed by atoms with Crippen LogP contribution in [0.15, 0.2) is 71.9 Å². The minimum Gasteiger partial charge on any atom is -0.481 e. The van der Waals surface area contributed by atoms with E-state index in [1.54, 1.807) is 0 Å². The molecule has 0 saturated carbocycles. The predicted molar refractivity (Wildman–Crippen MR) is 113 cm³/mol. The van der Waals surface area contributed by atoms with Crippen LogP contribution >= 0.6 is 0 Å². The number of alkyl halides is 3. The first-order chi connectivity index (χ1) is 15.5. The molecule has 1 heterocycles. The second-order valence-corrected chi connectivity index (χ2v) is 9.09. The Balaban J connectivity index is 1.99. The summed E-state index contributed by atoms with van der Waals surface area (Å²) in [7, 11) is -2.50. The van der Waals surface area contributed by atoms with Gasteiger partial charge in [0.2, 0.25) is 10.0 Å².